The normalized spacial score (nSPS) is 9.50. The zero-order valence-corrected chi connectivity index (χ0v) is 11.9. The fourth-order valence-corrected chi connectivity index (χ4v) is 1.60. The van der Waals surface area contributed by atoms with E-state index in [-0.39, 0.29) is 12.6 Å². The van der Waals surface area contributed by atoms with Crippen molar-refractivity contribution in [2.24, 2.45) is 0 Å². The first-order chi connectivity index (χ1) is 9.76. The van der Waals surface area contributed by atoms with E-state index in [0.717, 1.165) is 24.0 Å². The zero-order valence-electron chi connectivity index (χ0n) is 11.9. The first kappa shape index (κ1) is 16.1. The van der Waals surface area contributed by atoms with Gasteiger partial charge in [-0.3, -0.25) is 0 Å². The number of aliphatic hydroxyl groups excluding tert-OH is 1. The highest BCUT2D eigenvalue weighted by Crippen LogP contribution is 2.03. The lowest BCUT2D eigenvalue weighted by atomic mass is 10.1. The van der Waals surface area contributed by atoms with Gasteiger partial charge >= 0.3 is 6.03 Å². The Kier molecular flexibility index (Phi) is 7.93. The molecule has 1 aromatic carbocycles. The number of amides is 2. The van der Waals surface area contributed by atoms with Crippen LogP contribution in [0.5, 0.6) is 0 Å². The van der Waals surface area contributed by atoms with Gasteiger partial charge in [0.1, 0.15) is 0 Å². The minimum Gasteiger partial charge on any atom is -0.395 e. The number of urea groups is 1. The Morgan fingerprint density at radius 3 is 2.95 bits per heavy atom. The van der Waals surface area contributed by atoms with Crippen LogP contribution in [-0.4, -0.2) is 24.3 Å². The van der Waals surface area contributed by atoms with E-state index in [2.05, 4.69) is 29.4 Å². The molecule has 0 aliphatic heterocycles. The van der Waals surface area contributed by atoms with Crippen LogP contribution in [0.3, 0.4) is 0 Å². The van der Waals surface area contributed by atoms with Gasteiger partial charge in [-0.15, -0.1) is 0 Å². The number of unbranched alkanes of at least 4 members (excludes halogenated alkanes) is 1. The second-order valence-electron chi connectivity index (χ2n) is 4.44. The molecule has 0 aliphatic carbocycles. The summed E-state index contributed by atoms with van der Waals surface area (Å²) < 4.78 is 0. The van der Waals surface area contributed by atoms with Gasteiger partial charge in [0.25, 0.3) is 0 Å². The molecule has 4 nitrogen and oxygen atoms in total. The molecule has 0 unspecified atom stereocenters. The maximum absolute atomic E-state index is 11.5. The number of carbonyl (C=O) groups excluding carboxylic acids is 1. The van der Waals surface area contributed by atoms with Gasteiger partial charge in [-0.05, 0) is 24.1 Å². The van der Waals surface area contributed by atoms with Crippen LogP contribution in [0.1, 0.15) is 37.3 Å². The van der Waals surface area contributed by atoms with E-state index in [4.69, 9.17) is 5.11 Å². The molecule has 0 saturated heterocycles. The van der Waals surface area contributed by atoms with Crippen molar-refractivity contribution in [2.45, 2.75) is 32.7 Å². The van der Waals surface area contributed by atoms with Crippen molar-refractivity contribution in [1.29, 1.82) is 0 Å². The lowest BCUT2D eigenvalue weighted by molar-refractivity contribution is 0.240. The number of benzene rings is 1. The summed E-state index contributed by atoms with van der Waals surface area (Å²) in [5.74, 6) is 5.86. The number of carbonyl (C=O) groups is 1. The molecule has 0 radical (unpaired) electrons. The van der Waals surface area contributed by atoms with Gasteiger partial charge in [0.05, 0.1) is 6.61 Å². The minimum absolute atomic E-state index is 0.0756. The van der Waals surface area contributed by atoms with Gasteiger partial charge in [-0.2, -0.15) is 0 Å². The van der Waals surface area contributed by atoms with Crippen molar-refractivity contribution in [3.05, 3.63) is 35.4 Å². The predicted molar refractivity (Wildman–Crippen MR) is 80.2 cm³/mol. The molecule has 2 amide bonds. The van der Waals surface area contributed by atoms with Crippen molar-refractivity contribution in [2.75, 3.05) is 13.2 Å². The van der Waals surface area contributed by atoms with Crippen LogP contribution in [0.4, 0.5) is 4.79 Å². The molecule has 4 heteroatoms. The summed E-state index contributed by atoms with van der Waals surface area (Å²) in [6.45, 7) is 3.34. The van der Waals surface area contributed by atoms with Gasteiger partial charge in [-0.1, -0.05) is 37.3 Å². The minimum atomic E-state index is -0.143. The summed E-state index contributed by atoms with van der Waals surface area (Å²) in [6.07, 6.45) is 2.53. The molecular weight excluding hydrogens is 252 g/mol. The highest BCUT2D eigenvalue weighted by atomic mass is 16.2. The summed E-state index contributed by atoms with van der Waals surface area (Å²) >= 11 is 0. The average Bonchev–Trinajstić information content (AvgIpc) is 2.46. The molecule has 1 rings (SSSR count). The number of rotatable bonds is 6. The summed E-state index contributed by atoms with van der Waals surface area (Å²) in [7, 11) is 0. The first-order valence-electron chi connectivity index (χ1n) is 6.96. The van der Waals surface area contributed by atoms with Crippen LogP contribution in [0.2, 0.25) is 0 Å². The second-order valence-corrected chi connectivity index (χ2v) is 4.44. The molecule has 0 aromatic heterocycles. The molecule has 3 N–H and O–H groups in total. The molecule has 108 valence electrons. The molecule has 1 aromatic rings. The van der Waals surface area contributed by atoms with Crippen LogP contribution >= 0.6 is 0 Å². The molecule has 20 heavy (non-hydrogen) atoms. The van der Waals surface area contributed by atoms with Crippen molar-refractivity contribution in [3.8, 4) is 11.8 Å². The third-order valence-corrected chi connectivity index (χ3v) is 2.67. The lowest BCUT2D eigenvalue weighted by Gasteiger charge is -2.07. The molecule has 0 fully saturated rings. The van der Waals surface area contributed by atoms with E-state index in [9.17, 15) is 4.79 Å². The Bertz CT molecular complexity index is 475. The molecule has 0 aliphatic rings. The van der Waals surface area contributed by atoms with E-state index in [1.165, 1.54) is 0 Å². The van der Waals surface area contributed by atoms with Gasteiger partial charge in [-0.25, -0.2) is 4.79 Å². The number of nitrogens with one attached hydrogen (secondary N) is 2. The van der Waals surface area contributed by atoms with Crippen LogP contribution in [0, 0.1) is 11.8 Å². The molecule has 0 atom stereocenters. The Morgan fingerprint density at radius 2 is 2.20 bits per heavy atom. The maximum Gasteiger partial charge on any atom is 0.315 e. The monoisotopic (exact) mass is 274 g/mol. The molecule has 0 bridgehead atoms. The third-order valence-electron chi connectivity index (χ3n) is 2.67. The van der Waals surface area contributed by atoms with Crippen LogP contribution < -0.4 is 10.6 Å². The summed E-state index contributed by atoms with van der Waals surface area (Å²) in [4.78, 5) is 11.5. The van der Waals surface area contributed by atoms with E-state index >= 15 is 0 Å². The maximum atomic E-state index is 11.5. The smallest absolute Gasteiger partial charge is 0.315 e. The number of hydrogen-bond donors (Lipinski definition) is 3. The van der Waals surface area contributed by atoms with Crippen molar-refractivity contribution < 1.29 is 9.90 Å². The quantitative estimate of drug-likeness (QED) is 0.549. The van der Waals surface area contributed by atoms with Crippen LogP contribution in [-0.2, 0) is 6.54 Å². The Hall–Kier alpha value is -1.99. The Labute approximate surface area is 120 Å². The van der Waals surface area contributed by atoms with Crippen LogP contribution in [0.25, 0.3) is 0 Å². The van der Waals surface area contributed by atoms with E-state index in [1.54, 1.807) is 0 Å². The lowest BCUT2D eigenvalue weighted by Crippen LogP contribution is -2.35. The highest BCUT2D eigenvalue weighted by Gasteiger charge is 1.99. The fourth-order valence-electron chi connectivity index (χ4n) is 1.60. The predicted octanol–water partition coefficient (Wildman–Crippen LogP) is 2.02. The Balaban J connectivity index is 2.42. The fraction of sp³-hybridized carbons (Fsp3) is 0.438. The third kappa shape index (κ3) is 6.81. The van der Waals surface area contributed by atoms with E-state index in [0.29, 0.717) is 19.5 Å². The van der Waals surface area contributed by atoms with Crippen LogP contribution in [0.15, 0.2) is 24.3 Å². The van der Waals surface area contributed by atoms with E-state index < -0.39 is 0 Å². The molecule has 0 spiro atoms. The van der Waals surface area contributed by atoms with Gasteiger partial charge < -0.3 is 15.7 Å². The molecular formula is C16H22N2O2. The Morgan fingerprint density at radius 1 is 1.35 bits per heavy atom. The largest absolute Gasteiger partial charge is 0.395 e. The van der Waals surface area contributed by atoms with Gasteiger partial charge in [0, 0.05) is 25.1 Å². The standard InChI is InChI=1S/C16H22N2O2/c1-2-3-10-17-16(20)18-13-15-9-6-8-14(12-15)7-4-5-11-19/h6,8-9,12,19H,2-3,5,10-11,13H2,1H3,(H2,17,18,20). The summed E-state index contributed by atoms with van der Waals surface area (Å²) in [5.41, 5.74) is 1.90. The van der Waals surface area contributed by atoms with Crippen molar-refractivity contribution in [1.82, 2.24) is 10.6 Å². The van der Waals surface area contributed by atoms with E-state index in [1.807, 2.05) is 24.3 Å². The second kappa shape index (κ2) is 9.88. The van der Waals surface area contributed by atoms with Gasteiger partial charge in [0.2, 0.25) is 0 Å². The number of hydrogen-bond acceptors (Lipinski definition) is 2. The zero-order chi connectivity index (χ0) is 14.6. The van der Waals surface area contributed by atoms with Crippen molar-refractivity contribution in [3.63, 3.8) is 0 Å². The van der Waals surface area contributed by atoms with Gasteiger partial charge in [0.15, 0.2) is 0 Å². The topological polar surface area (TPSA) is 61.4 Å². The van der Waals surface area contributed by atoms with Crippen molar-refractivity contribution >= 4 is 6.03 Å². The number of aliphatic hydroxyl groups is 1. The summed E-state index contributed by atoms with van der Waals surface area (Å²) in [5, 5.41) is 14.3. The first-order valence-corrected chi connectivity index (χ1v) is 6.96. The summed E-state index contributed by atoms with van der Waals surface area (Å²) in [6, 6.07) is 7.57. The SMILES string of the molecule is CCCCNC(=O)NCc1cccc(C#CCCO)c1. The average molecular weight is 274 g/mol. The molecule has 0 saturated carbocycles. The highest BCUT2D eigenvalue weighted by molar-refractivity contribution is 5.73. The molecule has 0 heterocycles.